The van der Waals surface area contributed by atoms with Gasteiger partial charge in [0.05, 0.1) is 30.3 Å². The van der Waals surface area contributed by atoms with Crippen LogP contribution in [0.1, 0.15) is 34.2 Å². The highest BCUT2D eigenvalue weighted by Crippen LogP contribution is 2.43. The molecule has 0 bridgehead atoms. The fraction of sp³-hybridized carbons (Fsp3) is 0.0645. The van der Waals surface area contributed by atoms with Gasteiger partial charge in [-0.2, -0.15) is 0 Å². The number of halogens is 3. The number of nitrogens with one attached hydrogen (secondary N) is 2. The predicted octanol–water partition coefficient (Wildman–Crippen LogP) is 6.95. The van der Waals surface area contributed by atoms with E-state index < -0.39 is 11.8 Å². The highest BCUT2D eigenvalue weighted by Gasteiger charge is 2.35. The van der Waals surface area contributed by atoms with E-state index in [2.05, 4.69) is 57.8 Å². The summed E-state index contributed by atoms with van der Waals surface area (Å²) in [7, 11) is 0. The smallest absolute Gasteiger partial charge is 0.336 e. The lowest BCUT2D eigenvalue weighted by Gasteiger charge is -2.17. The molecule has 0 radical (unpaired) electrons. The van der Waals surface area contributed by atoms with E-state index in [0.29, 0.717) is 39.8 Å². The number of allylic oxidation sites excluding steroid dienone is 8. The standard InChI is InChI=1S/C17H10Br3NO4.C14H9NO2/c1-2-7-10(9-6(17(24)25)4-3-5-8(9)21-7)11-12(18)16(23)14(20)13(19)15(11)22;16-10-5-6-14(17)11(8-10)13-7-9-3-1-2-4-12(9)15-13/h3-5,21H,2H2,1H3,(H,24,25);1-8,15H. The number of carbonyl (C=O) groups is 5. The normalized spacial score (nSPS) is 15.5. The third-order valence-corrected chi connectivity index (χ3v) is 9.55. The summed E-state index contributed by atoms with van der Waals surface area (Å²) in [6.45, 7) is 1.89. The van der Waals surface area contributed by atoms with Crippen molar-refractivity contribution in [3.63, 3.8) is 0 Å². The molecule has 6 rings (SSSR count). The predicted molar refractivity (Wildman–Crippen MR) is 171 cm³/mol. The number of aromatic carboxylic acids is 1. The second kappa shape index (κ2) is 11.7. The van der Waals surface area contributed by atoms with E-state index in [1.165, 1.54) is 24.3 Å². The van der Waals surface area contributed by atoms with Gasteiger partial charge >= 0.3 is 5.97 Å². The minimum absolute atomic E-state index is 0.0706. The van der Waals surface area contributed by atoms with E-state index in [1.54, 1.807) is 12.1 Å². The van der Waals surface area contributed by atoms with E-state index in [-0.39, 0.29) is 41.9 Å². The number of carbonyl (C=O) groups excluding carboxylic acids is 4. The van der Waals surface area contributed by atoms with Gasteiger partial charge in [0.25, 0.3) is 0 Å². The number of hydrogen-bond acceptors (Lipinski definition) is 5. The molecule has 2 heterocycles. The minimum Gasteiger partial charge on any atom is -0.478 e. The molecule has 42 heavy (non-hydrogen) atoms. The molecule has 2 aliphatic rings. The molecule has 0 spiro atoms. The van der Waals surface area contributed by atoms with E-state index in [1.807, 2.05) is 37.3 Å². The van der Waals surface area contributed by atoms with Crippen LogP contribution in [-0.4, -0.2) is 44.2 Å². The Kier molecular flexibility index (Phi) is 8.27. The number of fused-ring (bicyclic) bond motifs is 2. The molecule has 0 unspecified atom stereocenters. The Hall–Kier alpha value is -3.93. The Morgan fingerprint density at radius 1 is 0.833 bits per heavy atom. The molecule has 11 heteroatoms. The van der Waals surface area contributed by atoms with Gasteiger partial charge < -0.3 is 15.1 Å². The molecular formula is C31H19Br3N2O6. The van der Waals surface area contributed by atoms with Crippen molar-refractivity contribution in [3.8, 4) is 0 Å². The zero-order valence-corrected chi connectivity index (χ0v) is 26.4. The van der Waals surface area contributed by atoms with E-state index in [4.69, 9.17) is 0 Å². The fourth-order valence-corrected chi connectivity index (χ4v) is 6.40. The number of para-hydroxylation sites is 1. The zero-order valence-electron chi connectivity index (χ0n) is 21.7. The van der Waals surface area contributed by atoms with Crippen LogP contribution < -0.4 is 0 Å². The zero-order chi connectivity index (χ0) is 30.3. The first kappa shape index (κ1) is 29.6. The maximum absolute atomic E-state index is 12.8. The first-order valence-corrected chi connectivity index (χ1v) is 14.9. The SMILES string of the molecule is CCc1[nH]c2cccc(C(=O)O)c2c1C1=C(Br)C(=O)C(Br)=C(Br)C1=O.O=C1C=CC(=O)C(c2cc3ccccc3[nH]2)=C1. The lowest BCUT2D eigenvalue weighted by Crippen LogP contribution is -2.17. The molecule has 0 atom stereocenters. The first-order chi connectivity index (χ1) is 20.0. The quantitative estimate of drug-likeness (QED) is 0.193. The number of aryl methyl sites for hydroxylation is 1. The third kappa shape index (κ3) is 5.23. The number of ketones is 4. The summed E-state index contributed by atoms with van der Waals surface area (Å²) in [6, 6.07) is 14.5. The molecule has 2 aromatic carbocycles. The van der Waals surface area contributed by atoms with Gasteiger partial charge in [-0.25, -0.2) is 4.79 Å². The lowest BCUT2D eigenvalue weighted by molar-refractivity contribution is -0.113. The van der Waals surface area contributed by atoms with Gasteiger partial charge in [-0.1, -0.05) is 31.2 Å². The van der Waals surface area contributed by atoms with Gasteiger partial charge in [0.15, 0.2) is 11.6 Å². The van der Waals surface area contributed by atoms with Crippen molar-refractivity contribution in [3.05, 3.63) is 103 Å². The molecule has 0 amide bonds. The van der Waals surface area contributed by atoms with E-state index >= 15 is 0 Å². The lowest BCUT2D eigenvalue weighted by atomic mass is 9.91. The number of rotatable bonds is 4. The summed E-state index contributed by atoms with van der Waals surface area (Å²) < 4.78 is 0.341. The monoisotopic (exact) mass is 752 g/mol. The molecule has 0 saturated carbocycles. The summed E-state index contributed by atoms with van der Waals surface area (Å²) in [5.41, 5.74) is 4.02. The van der Waals surface area contributed by atoms with Crippen LogP contribution in [0, 0.1) is 0 Å². The first-order valence-electron chi connectivity index (χ1n) is 12.5. The maximum atomic E-state index is 12.8. The Balaban J connectivity index is 0.000000180. The number of hydrogen-bond donors (Lipinski definition) is 3. The average molecular weight is 755 g/mol. The second-order valence-electron chi connectivity index (χ2n) is 9.27. The van der Waals surface area contributed by atoms with E-state index in [0.717, 1.165) is 10.9 Å². The van der Waals surface area contributed by atoms with Gasteiger partial charge in [0.2, 0.25) is 11.6 Å². The van der Waals surface area contributed by atoms with Crippen molar-refractivity contribution in [1.82, 2.24) is 9.97 Å². The highest BCUT2D eigenvalue weighted by molar-refractivity contribution is 9.15. The number of Topliss-reactive ketones (excluding diaryl/α,β-unsaturated/α-hetero) is 2. The fourth-order valence-electron chi connectivity index (χ4n) is 4.80. The van der Waals surface area contributed by atoms with Gasteiger partial charge in [0, 0.05) is 38.6 Å². The molecule has 2 aliphatic carbocycles. The molecule has 2 aromatic heterocycles. The van der Waals surface area contributed by atoms with Crippen molar-refractivity contribution in [1.29, 1.82) is 0 Å². The van der Waals surface area contributed by atoms with Gasteiger partial charge in [0.1, 0.15) is 0 Å². The summed E-state index contributed by atoms with van der Waals surface area (Å²) in [5, 5.41) is 11.0. The highest BCUT2D eigenvalue weighted by atomic mass is 79.9. The molecule has 0 fully saturated rings. The number of aromatic nitrogens is 2. The Bertz CT molecular complexity index is 1970. The van der Waals surface area contributed by atoms with Crippen LogP contribution in [0.3, 0.4) is 0 Å². The van der Waals surface area contributed by atoms with Crippen LogP contribution in [0.4, 0.5) is 0 Å². The molecule has 4 aromatic rings. The molecule has 0 aliphatic heterocycles. The summed E-state index contributed by atoms with van der Waals surface area (Å²) in [6.07, 6.45) is 4.50. The number of aromatic amines is 2. The van der Waals surface area contributed by atoms with Gasteiger partial charge in [-0.3, -0.25) is 19.2 Å². The van der Waals surface area contributed by atoms with Crippen molar-refractivity contribution in [2.45, 2.75) is 13.3 Å². The molecule has 0 saturated heterocycles. The van der Waals surface area contributed by atoms with Crippen LogP contribution in [0.5, 0.6) is 0 Å². The summed E-state index contributed by atoms with van der Waals surface area (Å²) in [5.74, 6) is -2.18. The van der Waals surface area contributed by atoms with E-state index in [9.17, 15) is 29.1 Å². The third-order valence-electron chi connectivity index (χ3n) is 6.74. The van der Waals surface area contributed by atoms with Crippen LogP contribution in [-0.2, 0) is 25.6 Å². The van der Waals surface area contributed by atoms with Crippen molar-refractivity contribution in [2.75, 3.05) is 0 Å². The van der Waals surface area contributed by atoms with Crippen molar-refractivity contribution in [2.24, 2.45) is 0 Å². The van der Waals surface area contributed by atoms with Gasteiger partial charge in [-0.05, 0) is 96.7 Å². The number of carboxylic acid groups (broad SMARTS) is 1. The number of H-pyrrole nitrogens is 2. The van der Waals surface area contributed by atoms with Crippen molar-refractivity contribution < 1.29 is 29.1 Å². The summed E-state index contributed by atoms with van der Waals surface area (Å²) >= 11 is 9.49. The van der Waals surface area contributed by atoms with Crippen LogP contribution >= 0.6 is 47.8 Å². The Morgan fingerprint density at radius 2 is 1.52 bits per heavy atom. The molecule has 8 nitrogen and oxygen atoms in total. The minimum atomic E-state index is -1.10. The van der Waals surface area contributed by atoms with Crippen LogP contribution in [0.25, 0.3) is 33.0 Å². The molecule has 3 N–H and O–H groups in total. The Morgan fingerprint density at radius 3 is 2.21 bits per heavy atom. The number of benzene rings is 2. The Labute approximate surface area is 263 Å². The van der Waals surface area contributed by atoms with Crippen molar-refractivity contribution >= 4 is 110 Å². The topological polar surface area (TPSA) is 137 Å². The maximum Gasteiger partial charge on any atom is 0.336 e. The van der Waals surface area contributed by atoms with Gasteiger partial charge in [-0.15, -0.1) is 0 Å². The van der Waals surface area contributed by atoms with Crippen LogP contribution in [0.2, 0.25) is 0 Å². The molecular weight excluding hydrogens is 736 g/mol. The largest absolute Gasteiger partial charge is 0.478 e. The average Bonchev–Trinajstić information content (AvgIpc) is 3.58. The number of carboxylic acids is 1. The summed E-state index contributed by atoms with van der Waals surface area (Å²) in [4.78, 5) is 66.2. The van der Waals surface area contributed by atoms with Crippen LogP contribution in [0.15, 0.2) is 80.2 Å². The molecule has 210 valence electrons. The second-order valence-corrected chi connectivity index (χ2v) is 11.6.